The fourth-order valence-corrected chi connectivity index (χ4v) is 3.89. The summed E-state index contributed by atoms with van der Waals surface area (Å²) in [5.74, 6) is -0.704. The topological polar surface area (TPSA) is 58.2 Å². The smallest absolute Gasteiger partial charge is 0.291 e. The highest BCUT2D eigenvalue weighted by molar-refractivity contribution is 6.40. The average Bonchev–Trinajstić information content (AvgIpc) is 2.37. The summed E-state index contributed by atoms with van der Waals surface area (Å²) < 4.78 is 0. The van der Waals surface area contributed by atoms with Crippen LogP contribution in [0.4, 0.5) is 5.69 Å². The van der Waals surface area contributed by atoms with Gasteiger partial charge in [0.25, 0.3) is 5.91 Å². The molecule has 1 aromatic carbocycles. The molecule has 0 aliphatic carbocycles. The molecule has 1 aromatic rings. The van der Waals surface area contributed by atoms with E-state index >= 15 is 0 Å². The molecule has 1 aliphatic heterocycles. The maximum atomic E-state index is 12.2. The van der Waals surface area contributed by atoms with Crippen molar-refractivity contribution < 1.29 is 9.59 Å². The normalized spacial score (nSPS) is 20.0. The molecule has 5 heteroatoms. The van der Waals surface area contributed by atoms with Crippen LogP contribution in [0.3, 0.4) is 0 Å². The van der Waals surface area contributed by atoms with Gasteiger partial charge in [-0.1, -0.05) is 11.6 Å². The molecule has 0 saturated carbocycles. The van der Waals surface area contributed by atoms with Crippen molar-refractivity contribution in [2.75, 3.05) is 5.32 Å². The van der Waals surface area contributed by atoms with Crippen molar-refractivity contribution >= 4 is 29.0 Å². The molecule has 2 N–H and O–H groups in total. The number of halogens is 1. The van der Waals surface area contributed by atoms with E-state index in [9.17, 15) is 9.59 Å². The summed E-state index contributed by atoms with van der Waals surface area (Å²) in [4.78, 5) is 24.3. The van der Waals surface area contributed by atoms with Gasteiger partial charge >= 0.3 is 0 Å². The number of ketones is 1. The van der Waals surface area contributed by atoms with Crippen LogP contribution in [0.5, 0.6) is 0 Å². The quantitative estimate of drug-likeness (QED) is 0.822. The molecule has 23 heavy (non-hydrogen) atoms. The Kier molecular flexibility index (Phi) is 5.17. The Bertz CT molecular complexity index is 578. The molecular formula is C18H25ClN2O2. The number of nitrogens with one attached hydrogen (secondary N) is 2. The third kappa shape index (κ3) is 5.33. The SMILES string of the molecule is CC1(C)CC(CC(=O)C(=O)Nc2ccc(Cl)cc2)CC(C)(C)N1. The highest BCUT2D eigenvalue weighted by Crippen LogP contribution is 2.34. The Morgan fingerprint density at radius 1 is 1.13 bits per heavy atom. The van der Waals surface area contributed by atoms with Crippen molar-refractivity contribution in [3.63, 3.8) is 0 Å². The number of anilines is 1. The maximum absolute atomic E-state index is 12.2. The first kappa shape index (κ1) is 18.0. The molecule has 4 nitrogen and oxygen atoms in total. The number of rotatable bonds is 4. The van der Waals surface area contributed by atoms with E-state index in [-0.39, 0.29) is 29.2 Å². The third-order valence-corrected chi connectivity index (χ3v) is 4.36. The Labute approximate surface area is 143 Å². The zero-order valence-corrected chi connectivity index (χ0v) is 15.0. The molecule has 0 atom stereocenters. The van der Waals surface area contributed by atoms with Gasteiger partial charge in [0.15, 0.2) is 0 Å². The van der Waals surface area contributed by atoms with Crippen LogP contribution in [0.1, 0.15) is 47.0 Å². The number of Topliss-reactive ketones (excluding diaryl/α,β-unsaturated/α-hetero) is 1. The standard InChI is InChI=1S/C18H25ClN2O2/c1-17(2)10-12(11-18(3,4)21-17)9-15(22)16(23)20-14-7-5-13(19)6-8-14/h5-8,12,21H,9-11H2,1-4H3,(H,20,23). The number of piperidine rings is 1. The molecule has 0 spiro atoms. The van der Waals surface area contributed by atoms with E-state index in [4.69, 9.17) is 11.6 Å². The van der Waals surface area contributed by atoms with Crippen molar-refractivity contribution in [2.24, 2.45) is 5.92 Å². The van der Waals surface area contributed by atoms with E-state index in [1.807, 2.05) is 0 Å². The lowest BCUT2D eigenvalue weighted by Gasteiger charge is -2.46. The van der Waals surface area contributed by atoms with Gasteiger partial charge in [-0.05, 0) is 70.7 Å². The highest BCUT2D eigenvalue weighted by Gasteiger charge is 2.38. The lowest BCUT2D eigenvalue weighted by molar-refractivity contribution is -0.135. The summed E-state index contributed by atoms with van der Waals surface area (Å²) in [7, 11) is 0. The van der Waals surface area contributed by atoms with E-state index in [1.165, 1.54) is 0 Å². The van der Waals surface area contributed by atoms with Gasteiger partial charge in [0, 0.05) is 28.2 Å². The Morgan fingerprint density at radius 3 is 2.17 bits per heavy atom. The second kappa shape index (κ2) is 6.62. The molecule has 0 aromatic heterocycles. The highest BCUT2D eigenvalue weighted by atomic mass is 35.5. The van der Waals surface area contributed by atoms with Crippen molar-refractivity contribution in [2.45, 2.75) is 58.0 Å². The summed E-state index contributed by atoms with van der Waals surface area (Å²) in [6.45, 7) is 8.55. The number of hydrogen-bond donors (Lipinski definition) is 2. The van der Waals surface area contributed by atoms with Gasteiger partial charge < -0.3 is 10.6 Å². The van der Waals surface area contributed by atoms with Crippen LogP contribution >= 0.6 is 11.6 Å². The van der Waals surface area contributed by atoms with Gasteiger partial charge in [-0.25, -0.2) is 0 Å². The number of carbonyl (C=O) groups is 2. The molecule has 1 heterocycles. The van der Waals surface area contributed by atoms with Crippen LogP contribution in [-0.4, -0.2) is 22.8 Å². The minimum absolute atomic E-state index is 0.0284. The van der Waals surface area contributed by atoms with Gasteiger partial charge in [-0.3, -0.25) is 9.59 Å². The minimum Gasteiger partial charge on any atom is -0.319 e. The van der Waals surface area contributed by atoms with Gasteiger partial charge in [-0.15, -0.1) is 0 Å². The Hall–Kier alpha value is -1.39. The molecule has 0 radical (unpaired) electrons. The largest absolute Gasteiger partial charge is 0.319 e. The lowest BCUT2D eigenvalue weighted by Crippen LogP contribution is -2.58. The first-order valence-corrected chi connectivity index (χ1v) is 8.33. The zero-order valence-electron chi connectivity index (χ0n) is 14.2. The molecule has 126 valence electrons. The van der Waals surface area contributed by atoms with Crippen LogP contribution in [0.25, 0.3) is 0 Å². The van der Waals surface area contributed by atoms with E-state index < -0.39 is 5.91 Å². The first-order chi connectivity index (χ1) is 10.6. The predicted octanol–water partition coefficient (Wildman–Crippen LogP) is 3.79. The van der Waals surface area contributed by atoms with Crippen molar-refractivity contribution in [1.82, 2.24) is 5.32 Å². The second-order valence-corrected chi connectivity index (χ2v) is 8.19. The van der Waals surface area contributed by atoms with Gasteiger partial charge in [0.05, 0.1) is 0 Å². The summed E-state index contributed by atoms with van der Waals surface area (Å²) in [5, 5.41) is 6.81. The maximum Gasteiger partial charge on any atom is 0.291 e. The number of hydrogen-bond acceptors (Lipinski definition) is 3. The fraction of sp³-hybridized carbons (Fsp3) is 0.556. The van der Waals surface area contributed by atoms with Gasteiger partial charge in [0.1, 0.15) is 0 Å². The average molecular weight is 337 g/mol. The van der Waals surface area contributed by atoms with Crippen LogP contribution in [0, 0.1) is 5.92 Å². The van der Waals surface area contributed by atoms with Crippen molar-refractivity contribution in [1.29, 1.82) is 0 Å². The van der Waals surface area contributed by atoms with Gasteiger partial charge in [-0.2, -0.15) is 0 Å². The number of amides is 1. The number of benzene rings is 1. The van der Waals surface area contributed by atoms with E-state index in [1.54, 1.807) is 24.3 Å². The molecule has 1 saturated heterocycles. The van der Waals surface area contributed by atoms with Gasteiger partial charge in [0.2, 0.25) is 5.78 Å². The summed E-state index contributed by atoms with van der Waals surface area (Å²) >= 11 is 5.81. The van der Waals surface area contributed by atoms with Crippen molar-refractivity contribution in [3.05, 3.63) is 29.3 Å². The van der Waals surface area contributed by atoms with Crippen LogP contribution in [-0.2, 0) is 9.59 Å². The molecule has 2 rings (SSSR count). The number of carbonyl (C=O) groups excluding carboxylic acids is 2. The molecule has 0 bridgehead atoms. The zero-order chi connectivity index (χ0) is 17.3. The van der Waals surface area contributed by atoms with Crippen molar-refractivity contribution in [3.8, 4) is 0 Å². The summed E-state index contributed by atoms with van der Waals surface area (Å²) in [5.41, 5.74) is 0.525. The van der Waals surface area contributed by atoms with E-state index in [0.29, 0.717) is 10.7 Å². The lowest BCUT2D eigenvalue weighted by atomic mass is 9.74. The third-order valence-electron chi connectivity index (χ3n) is 4.10. The predicted molar refractivity (Wildman–Crippen MR) is 93.7 cm³/mol. The monoisotopic (exact) mass is 336 g/mol. The Balaban J connectivity index is 1.95. The fourth-order valence-electron chi connectivity index (χ4n) is 3.77. The van der Waals surface area contributed by atoms with Crippen LogP contribution in [0.15, 0.2) is 24.3 Å². The van der Waals surface area contributed by atoms with Crippen LogP contribution in [0.2, 0.25) is 5.02 Å². The molecule has 1 fully saturated rings. The Morgan fingerprint density at radius 2 is 1.65 bits per heavy atom. The molecule has 1 amide bonds. The molecular weight excluding hydrogens is 312 g/mol. The first-order valence-electron chi connectivity index (χ1n) is 7.95. The second-order valence-electron chi connectivity index (χ2n) is 7.76. The minimum atomic E-state index is -0.554. The van der Waals surface area contributed by atoms with E-state index in [0.717, 1.165) is 12.8 Å². The molecule has 0 unspecified atom stereocenters. The van der Waals surface area contributed by atoms with E-state index in [2.05, 4.69) is 38.3 Å². The summed E-state index contributed by atoms with van der Waals surface area (Å²) in [6, 6.07) is 6.73. The molecule has 1 aliphatic rings. The summed E-state index contributed by atoms with van der Waals surface area (Å²) in [6.07, 6.45) is 2.06. The van der Waals surface area contributed by atoms with Crippen LogP contribution < -0.4 is 10.6 Å².